The van der Waals surface area contributed by atoms with Crippen LogP contribution in [0.3, 0.4) is 0 Å². The molecule has 1 saturated carbocycles. The van der Waals surface area contributed by atoms with Crippen LogP contribution in [0.1, 0.15) is 64.6 Å². The minimum atomic E-state index is 0.482. The molecular weight excluding hydrogens is 224 g/mol. The summed E-state index contributed by atoms with van der Waals surface area (Å²) in [5.41, 5.74) is 6.95. The van der Waals surface area contributed by atoms with Crippen LogP contribution in [0.2, 0.25) is 0 Å². The fraction of sp³-hybridized carbons (Fsp3) is 0.857. The van der Waals surface area contributed by atoms with Gasteiger partial charge in [-0.3, -0.25) is 0 Å². The fourth-order valence-electron chi connectivity index (χ4n) is 3.00. The van der Waals surface area contributed by atoms with E-state index in [1.165, 1.54) is 32.1 Å². The van der Waals surface area contributed by atoms with Crippen molar-refractivity contribution in [1.82, 2.24) is 15.0 Å². The average molecular weight is 250 g/mol. The molecule has 1 aromatic rings. The lowest BCUT2D eigenvalue weighted by atomic mass is 9.69. The summed E-state index contributed by atoms with van der Waals surface area (Å²) in [6.07, 6.45) is 8.34. The molecule has 4 nitrogen and oxygen atoms in total. The van der Waals surface area contributed by atoms with Crippen molar-refractivity contribution >= 4 is 0 Å². The molecule has 0 radical (unpaired) electrons. The first kappa shape index (κ1) is 13.5. The third-order valence-electron chi connectivity index (χ3n) is 4.85. The van der Waals surface area contributed by atoms with Gasteiger partial charge in [0.05, 0.1) is 17.9 Å². The Hall–Kier alpha value is -0.900. The first-order valence-electron chi connectivity index (χ1n) is 7.17. The van der Waals surface area contributed by atoms with Crippen LogP contribution in [-0.4, -0.2) is 15.0 Å². The van der Waals surface area contributed by atoms with Gasteiger partial charge in [-0.05, 0) is 37.0 Å². The predicted octanol–water partition coefficient (Wildman–Crippen LogP) is 2.90. The van der Waals surface area contributed by atoms with Crippen LogP contribution in [0.4, 0.5) is 0 Å². The number of nitrogens with two attached hydrogens (primary N) is 1. The molecule has 0 spiro atoms. The first-order valence-corrected chi connectivity index (χ1v) is 7.17. The monoisotopic (exact) mass is 250 g/mol. The molecule has 1 fully saturated rings. The minimum Gasteiger partial charge on any atom is -0.325 e. The molecule has 1 heterocycles. The van der Waals surface area contributed by atoms with Crippen LogP contribution in [0, 0.1) is 11.3 Å². The van der Waals surface area contributed by atoms with Crippen LogP contribution >= 0.6 is 0 Å². The van der Waals surface area contributed by atoms with Crippen molar-refractivity contribution in [3.05, 3.63) is 11.9 Å². The Morgan fingerprint density at radius 1 is 1.33 bits per heavy atom. The van der Waals surface area contributed by atoms with Crippen LogP contribution in [-0.2, 0) is 6.54 Å². The smallest absolute Gasteiger partial charge is 0.0962 e. The highest BCUT2D eigenvalue weighted by molar-refractivity contribution is 4.93. The highest BCUT2D eigenvalue weighted by Crippen LogP contribution is 2.43. The summed E-state index contributed by atoms with van der Waals surface area (Å²) >= 11 is 0. The summed E-state index contributed by atoms with van der Waals surface area (Å²) < 4.78 is 2.03. The van der Waals surface area contributed by atoms with Crippen molar-refractivity contribution in [2.45, 2.75) is 65.5 Å². The van der Waals surface area contributed by atoms with E-state index < -0.39 is 0 Å². The summed E-state index contributed by atoms with van der Waals surface area (Å²) in [6, 6.07) is 0.529. The number of hydrogen-bond acceptors (Lipinski definition) is 3. The van der Waals surface area contributed by atoms with Crippen molar-refractivity contribution in [2.24, 2.45) is 17.1 Å². The van der Waals surface area contributed by atoms with Gasteiger partial charge in [0.25, 0.3) is 0 Å². The zero-order valence-electron chi connectivity index (χ0n) is 11.9. The van der Waals surface area contributed by atoms with Crippen LogP contribution in [0.5, 0.6) is 0 Å². The highest BCUT2D eigenvalue weighted by Gasteiger charge is 2.32. The lowest BCUT2D eigenvalue weighted by Gasteiger charge is -2.38. The van der Waals surface area contributed by atoms with E-state index in [4.69, 9.17) is 5.73 Å². The maximum Gasteiger partial charge on any atom is 0.0962 e. The summed E-state index contributed by atoms with van der Waals surface area (Å²) in [5.74, 6) is 0.858. The van der Waals surface area contributed by atoms with Gasteiger partial charge < -0.3 is 5.73 Å². The summed E-state index contributed by atoms with van der Waals surface area (Å²) in [6.45, 7) is 7.59. The molecule has 0 atom stereocenters. The van der Waals surface area contributed by atoms with E-state index in [1.807, 2.05) is 10.9 Å². The van der Waals surface area contributed by atoms with Gasteiger partial charge >= 0.3 is 0 Å². The molecule has 0 saturated heterocycles. The Kier molecular flexibility index (Phi) is 4.05. The molecule has 0 aliphatic heterocycles. The van der Waals surface area contributed by atoms with Crippen molar-refractivity contribution in [3.8, 4) is 0 Å². The largest absolute Gasteiger partial charge is 0.325 e. The van der Waals surface area contributed by atoms with E-state index in [9.17, 15) is 0 Å². The van der Waals surface area contributed by atoms with Gasteiger partial charge in [0.1, 0.15) is 0 Å². The van der Waals surface area contributed by atoms with Crippen molar-refractivity contribution in [1.29, 1.82) is 0 Å². The standard InChI is InChI=1S/C14H26N4/c1-4-14(2,3)11-5-7-13(8-6-11)18-10-12(9-15)16-17-18/h10-11,13H,4-9,15H2,1-3H3. The molecule has 2 N–H and O–H groups in total. The zero-order chi connectivity index (χ0) is 13.2. The molecule has 18 heavy (non-hydrogen) atoms. The molecule has 0 amide bonds. The molecule has 0 unspecified atom stereocenters. The third-order valence-corrected chi connectivity index (χ3v) is 4.85. The maximum atomic E-state index is 5.57. The van der Waals surface area contributed by atoms with Crippen molar-refractivity contribution in [2.75, 3.05) is 0 Å². The number of nitrogens with zero attached hydrogens (tertiary/aromatic N) is 3. The van der Waals surface area contributed by atoms with Gasteiger partial charge in [-0.15, -0.1) is 5.10 Å². The van der Waals surface area contributed by atoms with E-state index in [-0.39, 0.29) is 0 Å². The number of rotatable bonds is 4. The quantitative estimate of drug-likeness (QED) is 0.894. The van der Waals surface area contributed by atoms with Gasteiger partial charge in [-0.2, -0.15) is 0 Å². The maximum absolute atomic E-state index is 5.57. The lowest BCUT2D eigenvalue weighted by Crippen LogP contribution is -2.29. The second-order valence-corrected chi connectivity index (χ2v) is 6.24. The Morgan fingerprint density at radius 3 is 2.50 bits per heavy atom. The van der Waals surface area contributed by atoms with E-state index >= 15 is 0 Å². The topological polar surface area (TPSA) is 56.7 Å². The summed E-state index contributed by atoms with van der Waals surface area (Å²) in [5, 5.41) is 8.29. The number of hydrogen-bond donors (Lipinski definition) is 1. The lowest BCUT2D eigenvalue weighted by molar-refractivity contribution is 0.126. The van der Waals surface area contributed by atoms with Gasteiger partial charge in [-0.25, -0.2) is 4.68 Å². The Labute approximate surface area is 110 Å². The van der Waals surface area contributed by atoms with E-state index in [1.54, 1.807) is 0 Å². The van der Waals surface area contributed by atoms with Crippen molar-refractivity contribution in [3.63, 3.8) is 0 Å². The SMILES string of the molecule is CCC(C)(C)C1CCC(n2cc(CN)nn2)CC1. The normalized spacial score (nSPS) is 25.3. The second-order valence-electron chi connectivity index (χ2n) is 6.24. The Morgan fingerprint density at radius 2 is 2.00 bits per heavy atom. The predicted molar refractivity (Wildman–Crippen MR) is 73.0 cm³/mol. The number of aromatic nitrogens is 3. The molecule has 102 valence electrons. The van der Waals surface area contributed by atoms with E-state index in [2.05, 4.69) is 31.1 Å². The van der Waals surface area contributed by atoms with Gasteiger partial charge in [0.2, 0.25) is 0 Å². The molecular formula is C14H26N4. The molecule has 1 aromatic heterocycles. The second kappa shape index (κ2) is 5.39. The van der Waals surface area contributed by atoms with Crippen LogP contribution < -0.4 is 5.73 Å². The molecule has 0 bridgehead atoms. The van der Waals surface area contributed by atoms with Gasteiger partial charge in [0, 0.05) is 6.54 Å². The molecule has 1 aliphatic rings. The van der Waals surface area contributed by atoms with Crippen LogP contribution in [0.15, 0.2) is 6.20 Å². The zero-order valence-corrected chi connectivity index (χ0v) is 11.9. The Balaban J connectivity index is 1.94. The molecule has 2 rings (SSSR count). The molecule has 1 aliphatic carbocycles. The van der Waals surface area contributed by atoms with Gasteiger partial charge in [-0.1, -0.05) is 32.4 Å². The first-order chi connectivity index (χ1) is 8.56. The van der Waals surface area contributed by atoms with E-state index in [0.29, 0.717) is 18.0 Å². The third kappa shape index (κ3) is 2.74. The van der Waals surface area contributed by atoms with E-state index in [0.717, 1.165) is 11.6 Å². The Bertz CT molecular complexity index is 375. The highest BCUT2D eigenvalue weighted by atomic mass is 15.4. The van der Waals surface area contributed by atoms with Crippen LogP contribution in [0.25, 0.3) is 0 Å². The fourth-order valence-corrected chi connectivity index (χ4v) is 3.00. The minimum absolute atomic E-state index is 0.482. The van der Waals surface area contributed by atoms with Gasteiger partial charge in [0.15, 0.2) is 0 Å². The summed E-state index contributed by atoms with van der Waals surface area (Å²) in [4.78, 5) is 0. The average Bonchev–Trinajstić information content (AvgIpc) is 2.87. The molecule has 0 aromatic carbocycles. The summed E-state index contributed by atoms with van der Waals surface area (Å²) in [7, 11) is 0. The molecule has 4 heteroatoms. The van der Waals surface area contributed by atoms with Crippen molar-refractivity contribution < 1.29 is 0 Å².